The number of aliphatic carboxylic acids is 1. The fraction of sp³-hybridized carbons (Fsp3) is 0.312. The summed E-state index contributed by atoms with van der Waals surface area (Å²) in [5, 5.41) is 9.12. The van der Waals surface area contributed by atoms with Crippen LogP contribution in [0.2, 0.25) is 0 Å². The molecular formula is C16H17NO6S2. The summed E-state index contributed by atoms with van der Waals surface area (Å²) < 4.78 is 16.0. The molecule has 134 valence electrons. The number of nitrogens with zero attached hydrogens (tertiary/aromatic N) is 1. The zero-order valence-electron chi connectivity index (χ0n) is 14.1. The molecule has 1 atom stereocenters. The Hall–Kier alpha value is -2.26. The number of hydrogen-bond donors (Lipinski definition) is 1. The molecule has 1 amide bonds. The Balaban J connectivity index is 2.43. The van der Waals surface area contributed by atoms with Gasteiger partial charge in [-0.25, -0.2) is 4.79 Å². The Morgan fingerprint density at radius 3 is 2.24 bits per heavy atom. The molecule has 1 N–H and O–H groups in total. The van der Waals surface area contributed by atoms with Crippen LogP contribution in [0.3, 0.4) is 0 Å². The molecule has 1 fully saturated rings. The number of amides is 1. The second-order valence-corrected chi connectivity index (χ2v) is 6.70. The van der Waals surface area contributed by atoms with E-state index in [0.29, 0.717) is 27.7 Å². The summed E-state index contributed by atoms with van der Waals surface area (Å²) in [6.07, 6.45) is 1.61. The van der Waals surface area contributed by atoms with E-state index in [4.69, 9.17) is 31.5 Å². The van der Waals surface area contributed by atoms with Gasteiger partial charge in [0.25, 0.3) is 5.91 Å². The van der Waals surface area contributed by atoms with Crippen molar-refractivity contribution in [2.75, 3.05) is 21.3 Å². The van der Waals surface area contributed by atoms with E-state index in [9.17, 15) is 9.59 Å². The van der Waals surface area contributed by atoms with Gasteiger partial charge in [0.1, 0.15) is 10.4 Å². The van der Waals surface area contributed by atoms with Crippen LogP contribution in [0.15, 0.2) is 17.0 Å². The van der Waals surface area contributed by atoms with Crippen molar-refractivity contribution >= 4 is 46.3 Å². The number of carbonyl (C=O) groups is 2. The molecule has 0 saturated carbocycles. The Labute approximate surface area is 154 Å². The summed E-state index contributed by atoms with van der Waals surface area (Å²) >= 11 is 6.19. The van der Waals surface area contributed by atoms with E-state index in [1.165, 1.54) is 28.3 Å². The minimum Gasteiger partial charge on any atom is -0.493 e. The van der Waals surface area contributed by atoms with Gasteiger partial charge in [0.15, 0.2) is 11.5 Å². The molecule has 0 aliphatic carbocycles. The lowest BCUT2D eigenvalue weighted by Crippen LogP contribution is -2.41. The van der Waals surface area contributed by atoms with Crippen molar-refractivity contribution in [3.05, 3.63) is 22.6 Å². The number of ether oxygens (including phenoxy) is 3. The van der Waals surface area contributed by atoms with Crippen molar-refractivity contribution in [3.63, 3.8) is 0 Å². The van der Waals surface area contributed by atoms with Crippen molar-refractivity contribution < 1.29 is 28.9 Å². The summed E-state index contributed by atoms with van der Waals surface area (Å²) in [6, 6.07) is 2.35. The van der Waals surface area contributed by atoms with Crippen LogP contribution in [0, 0.1) is 0 Å². The van der Waals surface area contributed by atoms with Gasteiger partial charge in [-0.2, -0.15) is 0 Å². The molecule has 1 unspecified atom stereocenters. The lowest BCUT2D eigenvalue weighted by Gasteiger charge is -2.18. The number of thiocarbonyl (C=S) groups is 1. The maximum Gasteiger partial charge on any atom is 0.326 e. The molecule has 7 nitrogen and oxygen atoms in total. The smallest absolute Gasteiger partial charge is 0.326 e. The zero-order valence-corrected chi connectivity index (χ0v) is 15.7. The van der Waals surface area contributed by atoms with E-state index >= 15 is 0 Å². The Morgan fingerprint density at radius 1 is 1.24 bits per heavy atom. The van der Waals surface area contributed by atoms with Gasteiger partial charge in [-0.05, 0) is 30.7 Å². The molecule has 1 aliphatic heterocycles. The summed E-state index contributed by atoms with van der Waals surface area (Å²) in [4.78, 5) is 25.1. The van der Waals surface area contributed by atoms with Gasteiger partial charge in [-0.1, -0.05) is 24.0 Å². The minimum atomic E-state index is -1.12. The highest BCUT2D eigenvalue weighted by molar-refractivity contribution is 8.26. The van der Waals surface area contributed by atoms with Gasteiger partial charge >= 0.3 is 5.97 Å². The maximum absolute atomic E-state index is 12.5. The number of rotatable bonds is 6. The van der Waals surface area contributed by atoms with E-state index in [1.807, 2.05) is 0 Å². The van der Waals surface area contributed by atoms with Gasteiger partial charge in [0, 0.05) is 0 Å². The molecule has 0 radical (unpaired) electrons. The number of carbonyl (C=O) groups excluding carboxylic acids is 1. The van der Waals surface area contributed by atoms with Crippen molar-refractivity contribution in [3.8, 4) is 17.2 Å². The van der Waals surface area contributed by atoms with Gasteiger partial charge in [-0.3, -0.25) is 9.69 Å². The number of methoxy groups -OCH3 is 3. The van der Waals surface area contributed by atoms with Crippen molar-refractivity contribution in [1.29, 1.82) is 0 Å². The van der Waals surface area contributed by atoms with E-state index in [1.54, 1.807) is 18.2 Å². The van der Waals surface area contributed by atoms with E-state index in [0.717, 1.165) is 16.7 Å². The average molecular weight is 383 g/mol. The second kappa shape index (κ2) is 7.75. The number of benzene rings is 1. The Morgan fingerprint density at radius 2 is 1.80 bits per heavy atom. The maximum atomic E-state index is 12.5. The fourth-order valence-electron chi connectivity index (χ4n) is 2.26. The molecule has 25 heavy (non-hydrogen) atoms. The first-order valence-electron chi connectivity index (χ1n) is 7.13. The van der Waals surface area contributed by atoms with Crippen LogP contribution < -0.4 is 14.2 Å². The SMILES string of the molecule is COc1cc(/C=C2/SC(=S)N(C(C)C(=O)O)C2=O)cc(OC)c1OC. The van der Waals surface area contributed by atoms with Crippen LogP contribution >= 0.6 is 24.0 Å². The van der Waals surface area contributed by atoms with Crippen LogP contribution in [0.5, 0.6) is 17.2 Å². The predicted octanol–water partition coefficient (Wildman–Crippen LogP) is 2.39. The van der Waals surface area contributed by atoms with E-state index < -0.39 is 17.9 Å². The molecule has 2 rings (SSSR count). The highest BCUT2D eigenvalue weighted by Gasteiger charge is 2.38. The average Bonchev–Trinajstić information content (AvgIpc) is 2.86. The molecular weight excluding hydrogens is 366 g/mol. The molecule has 1 aromatic carbocycles. The number of carboxylic acid groups (broad SMARTS) is 1. The third-order valence-corrected chi connectivity index (χ3v) is 4.88. The van der Waals surface area contributed by atoms with E-state index in [-0.39, 0.29) is 4.32 Å². The van der Waals surface area contributed by atoms with Crippen molar-refractivity contribution in [1.82, 2.24) is 4.90 Å². The lowest BCUT2D eigenvalue weighted by molar-refractivity contribution is -0.144. The van der Waals surface area contributed by atoms with Crippen LogP contribution in [-0.2, 0) is 9.59 Å². The molecule has 0 bridgehead atoms. The first-order valence-corrected chi connectivity index (χ1v) is 8.36. The molecule has 1 heterocycles. The summed E-state index contributed by atoms with van der Waals surface area (Å²) in [6.45, 7) is 1.41. The molecule has 9 heteroatoms. The zero-order chi connectivity index (χ0) is 18.7. The third kappa shape index (κ3) is 3.72. The Bertz CT molecular complexity index is 736. The predicted molar refractivity (Wildman–Crippen MR) is 98.2 cm³/mol. The number of hydrogen-bond acceptors (Lipinski definition) is 7. The normalized spacial score (nSPS) is 17.0. The fourth-order valence-corrected chi connectivity index (χ4v) is 3.68. The van der Waals surface area contributed by atoms with Gasteiger partial charge in [0.05, 0.1) is 26.2 Å². The second-order valence-electron chi connectivity index (χ2n) is 5.02. The molecule has 1 aliphatic rings. The van der Waals surface area contributed by atoms with Gasteiger partial charge < -0.3 is 19.3 Å². The van der Waals surface area contributed by atoms with Gasteiger partial charge in [-0.15, -0.1) is 0 Å². The van der Waals surface area contributed by atoms with Crippen LogP contribution in [0.25, 0.3) is 6.08 Å². The highest BCUT2D eigenvalue weighted by atomic mass is 32.2. The summed E-state index contributed by atoms with van der Waals surface area (Å²) in [7, 11) is 4.49. The minimum absolute atomic E-state index is 0.207. The van der Waals surface area contributed by atoms with Crippen LogP contribution in [-0.4, -0.2) is 53.6 Å². The highest BCUT2D eigenvalue weighted by Crippen LogP contribution is 2.40. The molecule has 1 saturated heterocycles. The van der Waals surface area contributed by atoms with Crippen molar-refractivity contribution in [2.24, 2.45) is 0 Å². The summed E-state index contributed by atoms with van der Waals surface area (Å²) in [5.41, 5.74) is 0.637. The van der Waals surface area contributed by atoms with Crippen LogP contribution in [0.1, 0.15) is 12.5 Å². The third-order valence-electron chi connectivity index (χ3n) is 3.55. The number of thioether (sulfide) groups is 1. The van der Waals surface area contributed by atoms with Crippen LogP contribution in [0.4, 0.5) is 0 Å². The monoisotopic (exact) mass is 383 g/mol. The quantitative estimate of drug-likeness (QED) is 0.592. The van der Waals surface area contributed by atoms with Crippen molar-refractivity contribution in [2.45, 2.75) is 13.0 Å². The van der Waals surface area contributed by atoms with Gasteiger partial charge in [0.2, 0.25) is 5.75 Å². The molecule has 0 spiro atoms. The number of carboxylic acids is 1. The first-order chi connectivity index (χ1) is 11.8. The topological polar surface area (TPSA) is 85.3 Å². The summed E-state index contributed by atoms with van der Waals surface area (Å²) in [5.74, 6) is -0.233. The standard InChI is InChI=1S/C16H17NO6S2/c1-8(15(19)20)17-14(18)12(25-16(17)24)7-9-5-10(21-2)13(23-4)11(6-9)22-3/h5-8H,1-4H3,(H,19,20)/b12-7+. The van der Waals surface area contributed by atoms with E-state index in [2.05, 4.69) is 0 Å². The lowest BCUT2D eigenvalue weighted by atomic mass is 10.1. The molecule has 1 aromatic rings. The first kappa shape index (κ1) is 19.1. The molecule has 0 aromatic heterocycles. The Kier molecular flexibility index (Phi) is 5.91. The largest absolute Gasteiger partial charge is 0.493 e.